The lowest BCUT2D eigenvalue weighted by Crippen LogP contribution is -2.45. The van der Waals surface area contributed by atoms with Gasteiger partial charge in [-0.1, -0.05) is 12.1 Å². The van der Waals surface area contributed by atoms with E-state index in [4.69, 9.17) is 4.74 Å². The van der Waals surface area contributed by atoms with Crippen LogP contribution in [-0.4, -0.2) is 60.6 Å². The van der Waals surface area contributed by atoms with Gasteiger partial charge in [0.25, 0.3) is 0 Å². The van der Waals surface area contributed by atoms with Crippen LogP contribution in [0, 0.1) is 31.1 Å². The number of nitrogens with zero attached hydrogens (tertiary/aromatic N) is 2. The average molecular weight is 386 g/mol. The first kappa shape index (κ1) is 18.9. The molecule has 1 N–H and O–H groups in total. The number of ether oxygens (including phenoxy) is 1. The van der Waals surface area contributed by atoms with E-state index >= 15 is 0 Å². The number of aliphatic carboxylic acids is 1. The Morgan fingerprint density at radius 3 is 2.75 bits per heavy atom. The molecule has 1 aromatic carbocycles. The van der Waals surface area contributed by atoms with Gasteiger partial charge in [0.15, 0.2) is 0 Å². The number of rotatable bonds is 3. The monoisotopic (exact) mass is 386 g/mol. The summed E-state index contributed by atoms with van der Waals surface area (Å²) < 4.78 is 5.46. The fraction of sp³-hybridized carbons (Fsp3) is 0.571. The Morgan fingerprint density at radius 2 is 2.04 bits per heavy atom. The zero-order valence-corrected chi connectivity index (χ0v) is 16.3. The Hall–Kier alpha value is -2.41. The topological polar surface area (TPSA) is 87.2 Å². The second-order valence-electron chi connectivity index (χ2n) is 8.33. The number of anilines is 1. The summed E-state index contributed by atoms with van der Waals surface area (Å²) in [5.41, 5.74) is 2.08. The molecule has 150 valence electrons. The van der Waals surface area contributed by atoms with Gasteiger partial charge >= 0.3 is 5.97 Å². The highest BCUT2D eigenvalue weighted by molar-refractivity contribution is 6.01. The normalized spacial score (nSPS) is 29.9. The second kappa shape index (κ2) is 6.88. The minimum Gasteiger partial charge on any atom is -0.481 e. The van der Waals surface area contributed by atoms with Gasteiger partial charge in [-0.3, -0.25) is 14.4 Å². The van der Waals surface area contributed by atoms with E-state index < -0.39 is 17.3 Å². The van der Waals surface area contributed by atoms with Gasteiger partial charge in [-0.05, 0) is 37.5 Å². The van der Waals surface area contributed by atoms with E-state index in [-0.39, 0.29) is 30.7 Å². The molecule has 0 aromatic heterocycles. The van der Waals surface area contributed by atoms with E-state index in [0.717, 1.165) is 16.8 Å². The summed E-state index contributed by atoms with van der Waals surface area (Å²) in [6, 6.07) is 5.83. The van der Waals surface area contributed by atoms with E-state index in [1.165, 1.54) is 0 Å². The van der Waals surface area contributed by atoms with Crippen molar-refractivity contribution in [2.24, 2.45) is 17.3 Å². The van der Waals surface area contributed by atoms with Crippen LogP contribution in [0.5, 0.6) is 0 Å². The van der Waals surface area contributed by atoms with Gasteiger partial charge in [-0.2, -0.15) is 0 Å². The number of hydrogen-bond acceptors (Lipinski definition) is 4. The van der Waals surface area contributed by atoms with Crippen molar-refractivity contribution in [3.63, 3.8) is 0 Å². The Morgan fingerprint density at radius 1 is 1.25 bits per heavy atom. The number of carboxylic acids is 1. The lowest BCUT2D eigenvalue weighted by molar-refractivity contribution is -0.157. The summed E-state index contributed by atoms with van der Waals surface area (Å²) in [6.07, 6.45) is 0.596. The van der Waals surface area contributed by atoms with Crippen molar-refractivity contribution < 1.29 is 24.2 Å². The smallest absolute Gasteiger partial charge is 0.311 e. The molecule has 0 saturated carbocycles. The highest BCUT2D eigenvalue weighted by atomic mass is 16.5. The van der Waals surface area contributed by atoms with E-state index in [0.29, 0.717) is 32.7 Å². The van der Waals surface area contributed by atoms with Crippen LogP contribution in [0.15, 0.2) is 18.2 Å². The maximum absolute atomic E-state index is 13.1. The second-order valence-corrected chi connectivity index (χ2v) is 8.33. The largest absolute Gasteiger partial charge is 0.481 e. The van der Waals surface area contributed by atoms with Crippen LogP contribution in [0.25, 0.3) is 0 Å². The predicted octanol–water partition coefficient (Wildman–Crippen LogP) is 1.61. The Balaban J connectivity index is 1.51. The zero-order valence-electron chi connectivity index (χ0n) is 16.3. The van der Waals surface area contributed by atoms with Crippen LogP contribution in [0.1, 0.15) is 24.0 Å². The summed E-state index contributed by atoms with van der Waals surface area (Å²) in [4.78, 5) is 41.1. The number of hydrogen-bond donors (Lipinski definition) is 1. The van der Waals surface area contributed by atoms with Crippen molar-refractivity contribution in [3.8, 4) is 0 Å². The maximum Gasteiger partial charge on any atom is 0.311 e. The van der Waals surface area contributed by atoms with Crippen LogP contribution in [0.2, 0.25) is 0 Å². The molecule has 0 aliphatic carbocycles. The lowest BCUT2D eigenvalue weighted by atomic mass is 9.74. The molecule has 3 aliphatic rings. The van der Waals surface area contributed by atoms with Crippen LogP contribution >= 0.6 is 0 Å². The molecule has 1 aromatic rings. The molecule has 0 radical (unpaired) electrons. The SMILES string of the molecule is Cc1cccc(N2CC(C(=O)N3C[C@H]4COCC[C@@]4(C(=O)O)C3)CC2=O)c1C. The van der Waals surface area contributed by atoms with Crippen molar-refractivity contribution in [1.29, 1.82) is 0 Å². The zero-order chi connectivity index (χ0) is 20.1. The molecule has 3 fully saturated rings. The highest BCUT2D eigenvalue weighted by Crippen LogP contribution is 2.43. The number of carboxylic acid groups (broad SMARTS) is 1. The fourth-order valence-corrected chi connectivity index (χ4v) is 4.86. The number of carbonyl (C=O) groups excluding carboxylic acids is 2. The van der Waals surface area contributed by atoms with Crippen molar-refractivity contribution in [1.82, 2.24) is 4.90 Å². The summed E-state index contributed by atoms with van der Waals surface area (Å²) >= 11 is 0. The van der Waals surface area contributed by atoms with Gasteiger partial charge in [0.05, 0.1) is 17.9 Å². The quantitative estimate of drug-likeness (QED) is 0.853. The van der Waals surface area contributed by atoms with Gasteiger partial charge in [0, 0.05) is 44.3 Å². The van der Waals surface area contributed by atoms with Gasteiger partial charge in [-0.15, -0.1) is 0 Å². The maximum atomic E-state index is 13.1. The van der Waals surface area contributed by atoms with E-state index in [1.807, 2.05) is 32.0 Å². The Bertz CT molecular complexity index is 838. The molecule has 3 heterocycles. The standard InChI is InChI=1S/C21H26N2O5/c1-13-4-3-5-17(14(13)2)23-9-15(8-18(23)24)19(25)22-10-16-11-28-7-6-21(16,12-22)20(26)27/h3-5,15-16H,6-12H2,1-2H3,(H,26,27)/t15?,16-,21+/m0/s1. The van der Waals surface area contributed by atoms with Crippen LogP contribution in [0.4, 0.5) is 5.69 Å². The minimum atomic E-state index is -0.913. The van der Waals surface area contributed by atoms with E-state index in [1.54, 1.807) is 9.80 Å². The van der Waals surface area contributed by atoms with Crippen LogP contribution < -0.4 is 4.90 Å². The predicted molar refractivity (Wildman–Crippen MR) is 102 cm³/mol. The highest BCUT2D eigenvalue weighted by Gasteiger charge is 2.55. The molecule has 2 amide bonds. The number of likely N-dealkylation sites (tertiary alicyclic amines) is 1. The molecule has 7 heteroatoms. The molecule has 0 spiro atoms. The lowest BCUT2D eigenvalue weighted by Gasteiger charge is -2.33. The molecular weight excluding hydrogens is 360 g/mol. The van der Waals surface area contributed by atoms with Gasteiger partial charge in [0.2, 0.25) is 11.8 Å². The number of aryl methyl sites for hydroxylation is 1. The van der Waals surface area contributed by atoms with Crippen molar-refractivity contribution in [3.05, 3.63) is 29.3 Å². The number of benzene rings is 1. The molecule has 3 saturated heterocycles. The summed E-state index contributed by atoms with van der Waals surface area (Å²) in [5.74, 6) is -1.64. The molecule has 1 unspecified atom stereocenters. The first-order valence-electron chi connectivity index (χ1n) is 9.80. The third-order valence-electron chi connectivity index (χ3n) is 6.79. The fourth-order valence-electron chi connectivity index (χ4n) is 4.86. The van der Waals surface area contributed by atoms with Crippen molar-refractivity contribution in [2.45, 2.75) is 26.7 Å². The first-order chi connectivity index (χ1) is 13.3. The van der Waals surface area contributed by atoms with Crippen LogP contribution in [0.3, 0.4) is 0 Å². The molecule has 7 nitrogen and oxygen atoms in total. The third kappa shape index (κ3) is 2.89. The van der Waals surface area contributed by atoms with E-state index in [2.05, 4.69) is 0 Å². The summed E-state index contributed by atoms with van der Waals surface area (Å²) in [6.45, 7) is 5.71. The summed E-state index contributed by atoms with van der Waals surface area (Å²) in [5, 5.41) is 9.80. The molecule has 3 aliphatic heterocycles. The number of amides is 2. The van der Waals surface area contributed by atoms with Gasteiger partial charge < -0.3 is 19.6 Å². The molecule has 28 heavy (non-hydrogen) atoms. The molecule has 4 rings (SSSR count). The Labute approximate surface area is 164 Å². The van der Waals surface area contributed by atoms with Crippen LogP contribution in [-0.2, 0) is 19.1 Å². The minimum absolute atomic E-state index is 0.0556. The molecule has 0 bridgehead atoms. The number of carbonyl (C=O) groups is 3. The average Bonchev–Trinajstić information content (AvgIpc) is 3.25. The third-order valence-corrected chi connectivity index (χ3v) is 6.79. The van der Waals surface area contributed by atoms with Gasteiger partial charge in [-0.25, -0.2) is 0 Å². The number of fused-ring (bicyclic) bond motifs is 1. The first-order valence-corrected chi connectivity index (χ1v) is 9.80. The van der Waals surface area contributed by atoms with Crippen molar-refractivity contribution in [2.75, 3.05) is 37.7 Å². The van der Waals surface area contributed by atoms with Gasteiger partial charge in [0.1, 0.15) is 0 Å². The Kier molecular flexibility index (Phi) is 4.65. The van der Waals surface area contributed by atoms with E-state index in [9.17, 15) is 19.5 Å². The molecular formula is C21H26N2O5. The van der Waals surface area contributed by atoms with Crippen molar-refractivity contribution >= 4 is 23.5 Å². The molecule has 3 atom stereocenters. The summed E-state index contributed by atoms with van der Waals surface area (Å²) in [7, 11) is 0.